The molecule has 0 bridgehead atoms. The van der Waals surface area contributed by atoms with Crippen molar-refractivity contribution in [2.45, 2.75) is 0 Å². The van der Waals surface area contributed by atoms with Crippen molar-refractivity contribution >= 4 is 71.0 Å². The molecular formula is Au2Te3. The second-order valence-corrected chi connectivity index (χ2v) is 0. The molecule has 0 saturated carbocycles. The van der Waals surface area contributed by atoms with Gasteiger partial charge < -0.3 is 0 Å². The zero-order chi connectivity index (χ0) is 0. The van der Waals surface area contributed by atoms with Crippen molar-refractivity contribution < 1.29 is 44.8 Å². The maximum absolute atomic E-state index is 0. The van der Waals surface area contributed by atoms with Crippen LogP contribution in [0.25, 0.3) is 0 Å². The third-order valence-corrected chi connectivity index (χ3v) is 0. The predicted octanol–water partition coefficient (Wildman–Crippen LogP) is -1.15. The van der Waals surface area contributed by atoms with Gasteiger partial charge in [-0.15, -0.1) is 0 Å². The van der Waals surface area contributed by atoms with Crippen LogP contribution in [-0.2, 0) is 44.8 Å². The minimum atomic E-state index is 0. The maximum Gasteiger partial charge on any atom is 0 e. The molecule has 0 aromatic heterocycles. The monoisotopic (exact) mass is 784 g/mol. The normalized spacial score (nSPS) is 0. The molecule has 0 spiro atoms. The first-order valence-corrected chi connectivity index (χ1v) is 0. The van der Waals surface area contributed by atoms with Crippen LogP contribution < -0.4 is 0 Å². The standard InChI is InChI=1S/2Au.3Te. The van der Waals surface area contributed by atoms with E-state index in [1.165, 1.54) is 0 Å². The number of hydrogen-bond acceptors (Lipinski definition) is 0. The largest absolute Gasteiger partial charge is 0 e. The van der Waals surface area contributed by atoms with E-state index in [4.69, 9.17) is 0 Å². The van der Waals surface area contributed by atoms with Crippen molar-refractivity contribution in [1.29, 1.82) is 0 Å². The van der Waals surface area contributed by atoms with Crippen LogP contribution in [0.4, 0.5) is 0 Å². The van der Waals surface area contributed by atoms with Gasteiger partial charge in [0.25, 0.3) is 0 Å². The topological polar surface area (TPSA) is 0 Å². The molecule has 0 amide bonds. The van der Waals surface area contributed by atoms with E-state index in [-0.39, 0.29) is 116 Å². The average molecular weight is 777 g/mol. The van der Waals surface area contributed by atoms with Crippen molar-refractivity contribution in [2.24, 2.45) is 0 Å². The van der Waals surface area contributed by atoms with Crippen molar-refractivity contribution in [2.75, 3.05) is 0 Å². The molecule has 0 aliphatic carbocycles. The quantitative estimate of drug-likeness (QED) is 0.273. The minimum absolute atomic E-state index is 0. The molecule has 0 saturated heterocycles. The van der Waals surface area contributed by atoms with Crippen molar-refractivity contribution in [1.82, 2.24) is 0 Å². The molecule has 0 nitrogen and oxygen atoms in total. The summed E-state index contributed by atoms with van der Waals surface area (Å²) in [5, 5.41) is 0. The Hall–Kier alpha value is 3.85. The second kappa shape index (κ2) is 24.9. The summed E-state index contributed by atoms with van der Waals surface area (Å²) in [5.74, 6) is 0. The smallest absolute Gasteiger partial charge is 0 e. The molecule has 0 heterocycles. The van der Waals surface area contributed by atoms with Gasteiger partial charge in [-0.05, 0) is 0 Å². The summed E-state index contributed by atoms with van der Waals surface area (Å²) in [4.78, 5) is 0. The summed E-state index contributed by atoms with van der Waals surface area (Å²) >= 11 is 0. The van der Waals surface area contributed by atoms with Crippen LogP contribution in [0.1, 0.15) is 0 Å². The molecule has 0 N–H and O–H groups in total. The first kappa shape index (κ1) is 36.8. The van der Waals surface area contributed by atoms with Crippen LogP contribution in [0, 0.1) is 0 Å². The Labute approximate surface area is 113 Å². The van der Waals surface area contributed by atoms with Gasteiger partial charge in [0.1, 0.15) is 0 Å². The number of hydrogen-bond donors (Lipinski definition) is 0. The molecule has 5 heavy (non-hydrogen) atoms. The predicted molar refractivity (Wildman–Crippen MR) is 17.3 cm³/mol. The third-order valence-electron chi connectivity index (χ3n) is 0. The Morgan fingerprint density at radius 2 is 0.400 bits per heavy atom. The fourth-order valence-electron chi connectivity index (χ4n) is 0. The van der Waals surface area contributed by atoms with Crippen LogP contribution in [0.15, 0.2) is 0 Å². The van der Waals surface area contributed by atoms with Gasteiger partial charge in [0, 0.05) is 116 Å². The molecule has 0 atom stereocenters. The van der Waals surface area contributed by atoms with Crippen LogP contribution in [0.3, 0.4) is 0 Å². The summed E-state index contributed by atoms with van der Waals surface area (Å²) in [6.07, 6.45) is 0. The van der Waals surface area contributed by atoms with Crippen LogP contribution in [-0.4, -0.2) is 71.0 Å². The Bertz CT molecular complexity index is 4.85. The second-order valence-electron chi connectivity index (χ2n) is 0. The van der Waals surface area contributed by atoms with E-state index < -0.39 is 0 Å². The minimum Gasteiger partial charge on any atom is 0 e. The fraction of sp³-hybridized carbons (Fsp3) is 0. The summed E-state index contributed by atoms with van der Waals surface area (Å²) in [6, 6.07) is 0. The van der Waals surface area contributed by atoms with Gasteiger partial charge in [0.05, 0.1) is 0 Å². The Morgan fingerprint density at radius 1 is 0.400 bits per heavy atom. The van der Waals surface area contributed by atoms with Gasteiger partial charge in [0.15, 0.2) is 0 Å². The van der Waals surface area contributed by atoms with Crippen molar-refractivity contribution in [3.63, 3.8) is 0 Å². The van der Waals surface area contributed by atoms with Gasteiger partial charge in [-0.25, -0.2) is 0 Å². The van der Waals surface area contributed by atoms with E-state index in [0.717, 1.165) is 0 Å². The summed E-state index contributed by atoms with van der Waals surface area (Å²) in [6.45, 7) is 0. The Morgan fingerprint density at radius 3 is 0.400 bits per heavy atom. The van der Waals surface area contributed by atoms with Gasteiger partial charge in [-0.1, -0.05) is 0 Å². The molecule has 0 aromatic carbocycles. The zero-order valence-electron chi connectivity index (χ0n) is 1.83. The molecule has 8 radical (unpaired) electrons. The maximum atomic E-state index is 0. The molecule has 0 unspecified atom stereocenters. The fourth-order valence-corrected chi connectivity index (χ4v) is 0. The van der Waals surface area contributed by atoms with Crippen LogP contribution in [0.5, 0.6) is 0 Å². The van der Waals surface area contributed by atoms with E-state index in [1.807, 2.05) is 0 Å². The van der Waals surface area contributed by atoms with E-state index in [9.17, 15) is 0 Å². The van der Waals surface area contributed by atoms with Crippen LogP contribution >= 0.6 is 0 Å². The molecule has 0 rings (SSSR count). The van der Waals surface area contributed by atoms with Crippen molar-refractivity contribution in [3.05, 3.63) is 0 Å². The van der Waals surface area contributed by atoms with Gasteiger partial charge in [-0.2, -0.15) is 0 Å². The average Bonchev–Trinajstić information content (AvgIpc) is 0. The van der Waals surface area contributed by atoms with Gasteiger partial charge >= 0.3 is 0 Å². The Kier molecular flexibility index (Phi) is 183. The zero-order valence-corrected chi connectivity index (χ0v) is 13.2. The van der Waals surface area contributed by atoms with Crippen LogP contribution in [0.2, 0.25) is 0 Å². The van der Waals surface area contributed by atoms with Gasteiger partial charge in [0.2, 0.25) is 0 Å². The first-order chi connectivity index (χ1) is 0. The summed E-state index contributed by atoms with van der Waals surface area (Å²) in [5.41, 5.74) is 0. The molecule has 0 aliphatic heterocycles. The van der Waals surface area contributed by atoms with E-state index >= 15 is 0 Å². The van der Waals surface area contributed by atoms with Gasteiger partial charge in [-0.3, -0.25) is 0 Å². The van der Waals surface area contributed by atoms with E-state index in [0.29, 0.717) is 0 Å². The summed E-state index contributed by atoms with van der Waals surface area (Å²) < 4.78 is 0. The Balaban J connectivity index is 0. The molecule has 5 heteroatoms. The third kappa shape index (κ3) is 18.1. The number of rotatable bonds is 0. The SMILES string of the molecule is [Au].[Au].[Te].[Te].[Te]. The molecule has 0 aromatic rings. The molecule has 0 aliphatic rings. The van der Waals surface area contributed by atoms with E-state index in [1.54, 1.807) is 0 Å². The first-order valence-electron chi connectivity index (χ1n) is 0. The molecular weight excluding hydrogens is 777 g/mol. The van der Waals surface area contributed by atoms with E-state index in [2.05, 4.69) is 0 Å². The summed E-state index contributed by atoms with van der Waals surface area (Å²) in [7, 11) is 0. The molecule has 40 valence electrons. The molecule has 0 fully saturated rings. The van der Waals surface area contributed by atoms with Crippen molar-refractivity contribution in [3.8, 4) is 0 Å².